The molecule has 1 aliphatic heterocycles. The predicted molar refractivity (Wildman–Crippen MR) is 122 cm³/mol. The van der Waals surface area contributed by atoms with Crippen molar-refractivity contribution in [2.24, 2.45) is 0 Å². The number of anilines is 2. The van der Waals surface area contributed by atoms with Crippen LogP contribution in [0.25, 0.3) is 11.0 Å². The van der Waals surface area contributed by atoms with Gasteiger partial charge in [-0.3, -0.25) is 4.98 Å². The molecule has 1 aromatic carbocycles. The van der Waals surface area contributed by atoms with Gasteiger partial charge < -0.3 is 25.2 Å². The number of hydrogen-bond donors (Lipinski definition) is 3. The minimum absolute atomic E-state index is 0.0808. The Morgan fingerprint density at radius 1 is 1.08 bits per heavy atom. The molecule has 5 rings (SSSR count). The van der Waals surface area contributed by atoms with Gasteiger partial charge in [0.1, 0.15) is 17.4 Å². The summed E-state index contributed by atoms with van der Waals surface area (Å²) in [7, 11) is 0. The maximum absolute atomic E-state index is 13.9. The summed E-state index contributed by atoms with van der Waals surface area (Å²) in [5, 5.41) is 20.0. The third kappa shape index (κ3) is 6.40. The van der Waals surface area contributed by atoms with Crippen molar-refractivity contribution in [3.05, 3.63) is 42.5 Å². The number of aromatic nitrogens is 3. The fourth-order valence-corrected chi connectivity index (χ4v) is 3.59. The van der Waals surface area contributed by atoms with Crippen molar-refractivity contribution >= 4 is 28.6 Å². The van der Waals surface area contributed by atoms with Crippen LogP contribution in [0.2, 0.25) is 0 Å². The summed E-state index contributed by atoms with van der Waals surface area (Å²) in [4.78, 5) is 24.9. The molecule has 13 heteroatoms. The predicted octanol–water partition coefficient (Wildman–Crippen LogP) is 4.12. The monoisotopic (exact) mass is 509 g/mol. The number of hydrogen-bond acceptors (Lipinski definition) is 8. The molecule has 1 aliphatic carbocycles. The molecule has 192 valence electrons. The van der Waals surface area contributed by atoms with Crippen molar-refractivity contribution in [1.29, 1.82) is 0 Å². The van der Waals surface area contributed by atoms with Crippen molar-refractivity contribution in [1.82, 2.24) is 15.0 Å². The van der Waals surface area contributed by atoms with E-state index in [2.05, 4.69) is 15.2 Å². The number of carbonyl (C=O) groups is 1. The number of carboxylic acids is 1. The van der Waals surface area contributed by atoms with Crippen LogP contribution in [0.4, 0.5) is 29.2 Å². The number of nitrogens with zero attached hydrogens (tertiary/aromatic N) is 4. The van der Waals surface area contributed by atoms with E-state index < -0.39 is 18.0 Å². The molecule has 2 fully saturated rings. The largest absolute Gasteiger partial charge is 0.508 e. The van der Waals surface area contributed by atoms with Crippen LogP contribution in [0.1, 0.15) is 25.7 Å². The Kier molecular flexibility index (Phi) is 7.27. The van der Waals surface area contributed by atoms with E-state index in [1.165, 1.54) is 12.1 Å². The fourth-order valence-electron chi connectivity index (χ4n) is 3.59. The normalized spacial score (nSPS) is 16.3. The highest BCUT2D eigenvalue weighted by molar-refractivity contribution is 5.80. The van der Waals surface area contributed by atoms with Gasteiger partial charge >= 0.3 is 12.1 Å². The van der Waals surface area contributed by atoms with Crippen LogP contribution in [-0.4, -0.2) is 62.5 Å². The Morgan fingerprint density at radius 3 is 2.39 bits per heavy atom. The van der Waals surface area contributed by atoms with Crippen LogP contribution in [0.15, 0.2) is 36.7 Å². The first-order valence-corrected chi connectivity index (χ1v) is 11.2. The molecule has 1 saturated heterocycles. The summed E-state index contributed by atoms with van der Waals surface area (Å²) in [5.41, 5.74) is 1.60. The summed E-state index contributed by atoms with van der Waals surface area (Å²) in [6.07, 6.45) is 2.10. The second-order valence-electron chi connectivity index (χ2n) is 8.40. The van der Waals surface area contributed by atoms with Gasteiger partial charge in [0, 0.05) is 44.2 Å². The molecular formula is C23H23F4N5O4. The molecule has 9 nitrogen and oxygen atoms in total. The van der Waals surface area contributed by atoms with Crippen molar-refractivity contribution in [3.8, 4) is 11.5 Å². The number of benzene rings is 1. The molecule has 0 amide bonds. The number of aromatic hydroxyl groups is 1. The third-order valence-electron chi connectivity index (χ3n) is 5.56. The molecule has 0 bridgehead atoms. The second-order valence-corrected chi connectivity index (χ2v) is 8.40. The lowest BCUT2D eigenvalue weighted by Crippen LogP contribution is -2.39. The van der Waals surface area contributed by atoms with Crippen molar-refractivity contribution in [2.45, 2.75) is 44.0 Å². The first-order valence-electron chi connectivity index (χ1n) is 11.2. The van der Waals surface area contributed by atoms with E-state index in [1.807, 2.05) is 6.07 Å². The van der Waals surface area contributed by atoms with E-state index in [-0.39, 0.29) is 17.6 Å². The van der Waals surface area contributed by atoms with Gasteiger partial charge in [0.15, 0.2) is 23.2 Å². The molecular weight excluding hydrogens is 486 g/mol. The maximum atomic E-state index is 13.9. The van der Waals surface area contributed by atoms with E-state index in [9.17, 15) is 22.7 Å². The highest BCUT2D eigenvalue weighted by atomic mass is 19.4. The number of halogens is 4. The van der Waals surface area contributed by atoms with Gasteiger partial charge in [0.2, 0.25) is 0 Å². The molecule has 3 aromatic rings. The first-order chi connectivity index (χ1) is 17.1. The summed E-state index contributed by atoms with van der Waals surface area (Å²) in [6, 6.07) is 6.31. The summed E-state index contributed by atoms with van der Waals surface area (Å²) in [5.74, 6) is -1.58. The van der Waals surface area contributed by atoms with Crippen LogP contribution in [0, 0.1) is 5.82 Å². The van der Waals surface area contributed by atoms with Gasteiger partial charge in [-0.15, -0.1) is 0 Å². The quantitative estimate of drug-likeness (QED) is 0.436. The average molecular weight is 509 g/mol. The lowest BCUT2D eigenvalue weighted by atomic mass is 10.1. The van der Waals surface area contributed by atoms with Crippen LogP contribution < -0.4 is 15.0 Å². The number of phenols is 1. The molecule has 2 aliphatic rings. The molecule has 2 aromatic heterocycles. The van der Waals surface area contributed by atoms with E-state index >= 15 is 0 Å². The Bertz CT molecular complexity index is 1230. The van der Waals surface area contributed by atoms with E-state index in [0.29, 0.717) is 6.04 Å². The van der Waals surface area contributed by atoms with Gasteiger partial charge in [0.25, 0.3) is 0 Å². The van der Waals surface area contributed by atoms with Crippen LogP contribution in [0.5, 0.6) is 11.5 Å². The minimum Gasteiger partial charge on any atom is -0.508 e. The SMILES string of the molecule is O=C(O)C(F)(F)F.Oc1ccc(OC2CCN(c3nc4ccncc4nc3NC3CC3)CC2)c(F)c1. The van der Waals surface area contributed by atoms with Crippen molar-refractivity contribution in [2.75, 3.05) is 23.3 Å². The molecule has 3 N–H and O–H groups in total. The van der Waals surface area contributed by atoms with Gasteiger partial charge in [-0.25, -0.2) is 19.2 Å². The number of carboxylic acid groups (broad SMARTS) is 1. The smallest absolute Gasteiger partial charge is 0.490 e. The average Bonchev–Trinajstić information content (AvgIpc) is 3.65. The van der Waals surface area contributed by atoms with Gasteiger partial charge in [-0.1, -0.05) is 0 Å². The zero-order valence-electron chi connectivity index (χ0n) is 18.9. The number of nitrogens with one attached hydrogen (secondary N) is 1. The molecule has 0 unspecified atom stereocenters. The van der Waals surface area contributed by atoms with Gasteiger partial charge in [-0.2, -0.15) is 13.2 Å². The lowest BCUT2D eigenvalue weighted by molar-refractivity contribution is -0.192. The number of ether oxygens (including phenoxy) is 1. The van der Waals surface area contributed by atoms with E-state index in [4.69, 9.17) is 24.6 Å². The molecule has 3 heterocycles. The van der Waals surface area contributed by atoms with Crippen LogP contribution >= 0.6 is 0 Å². The molecule has 0 spiro atoms. The molecule has 0 atom stereocenters. The van der Waals surface area contributed by atoms with Gasteiger partial charge in [-0.05, 0) is 31.0 Å². The highest BCUT2D eigenvalue weighted by Crippen LogP contribution is 2.33. The highest BCUT2D eigenvalue weighted by Gasteiger charge is 2.38. The summed E-state index contributed by atoms with van der Waals surface area (Å²) >= 11 is 0. The van der Waals surface area contributed by atoms with E-state index in [0.717, 1.165) is 67.5 Å². The molecule has 36 heavy (non-hydrogen) atoms. The summed E-state index contributed by atoms with van der Waals surface area (Å²) < 4.78 is 51.5. The number of fused-ring (bicyclic) bond motifs is 1. The number of rotatable bonds is 5. The minimum atomic E-state index is -5.08. The Labute approximate surface area is 202 Å². The number of piperidine rings is 1. The van der Waals surface area contributed by atoms with E-state index in [1.54, 1.807) is 12.4 Å². The molecule has 1 saturated carbocycles. The first kappa shape index (κ1) is 25.2. The number of alkyl halides is 3. The fraction of sp³-hybridized carbons (Fsp3) is 0.391. The summed E-state index contributed by atoms with van der Waals surface area (Å²) in [6.45, 7) is 1.49. The lowest BCUT2D eigenvalue weighted by Gasteiger charge is -2.33. The van der Waals surface area contributed by atoms with Crippen molar-refractivity contribution < 1.29 is 37.3 Å². The topological polar surface area (TPSA) is 121 Å². The Balaban J connectivity index is 0.000000384. The van der Waals surface area contributed by atoms with Gasteiger partial charge in [0.05, 0.1) is 11.7 Å². The Morgan fingerprint density at radius 2 is 1.78 bits per heavy atom. The van der Waals surface area contributed by atoms with Crippen LogP contribution in [-0.2, 0) is 4.79 Å². The number of phenolic OH excluding ortho intramolecular Hbond substituents is 1. The maximum Gasteiger partial charge on any atom is 0.490 e. The number of aliphatic carboxylic acids is 1. The molecule has 0 radical (unpaired) electrons. The van der Waals surface area contributed by atoms with Crippen molar-refractivity contribution in [3.63, 3.8) is 0 Å². The Hall–Kier alpha value is -3.90. The zero-order valence-corrected chi connectivity index (χ0v) is 18.9. The van der Waals surface area contributed by atoms with Crippen LogP contribution in [0.3, 0.4) is 0 Å². The number of pyridine rings is 1. The second kappa shape index (κ2) is 10.4. The standard InChI is InChI=1S/C21H22FN5O2.C2HF3O2/c22-16-11-14(28)3-4-19(16)29-15-6-9-27(10-7-15)21-20(24-13-1-2-13)25-18-12-23-8-5-17(18)26-21;3-2(4,5)1(6)7/h3-5,8,11-13,15,28H,1-2,6-7,9-10H2,(H,24,25);(H,6,7). The zero-order chi connectivity index (χ0) is 25.9. The third-order valence-corrected chi connectivity index (χ3v) is 5.56.